The number of hydrogen-bond donors (Lipinski definition) is 2. The Hall–Kier alpha value is -4.03. The summed E-state index contributed by atoms with van der Waals surface area (Å²) in [4.78, 5) is 32.1. The van der Waals surface area contributed by atoms with Crippen molar-refractivity contribution < 1.29 is 18.0 Å². The summed E-state index contributed by atoms with van der Waals surface area (Å²) in [5.74, 6) is -0.757. The van der Waals surface area contributed by atoms with Gasteiger partial charge in [0.15, 0.2) is 5.69 Å². The van der Waals surface area contributed by atoms with E-state index < -0.39 is 28.5 Å². The lowest BCUT2D eigenvalue weighted by atomic mass is 10.2. The molecule has 3 rings (SSSR count). The van der Waals surface area contributed by atoms with Crippen molar-refractivity contribution in [2.24, 2.45) is 0 Å². The molecule has 12 heteroatoms. The maximum Gasteiger partial charge on any atom is 0.336 e. The van der Waals surface area contributed by atoms with Crippen LogP contribution in [0.15, 0.2) is 29.3 Å². The second-order valence-electron chi connectivity index (χ2n) is 5.91. The van der Waals surface area contributed by atoms with Gasteiger partial charge < -0.3 is 10.6 Å². The van der Waals surface area contributed by atoms with E-state index in [4.69, 9.17) is 5.26 Å². The number of nitrogens with one attached hydrogen (secondary N) is 2. The van der Waals surface area contributed by atoms with Gasteiger partial charge in [0.25, 0.3) is 10.0 Å². The molecule has 146 valence electrons. The molecule has 0 atom stereocenters. The predicted octanol–water partition coefficient (Wildman–Crippen LogP) is 0.381. The highest BCUT2D eigenvalue weighted by Crippen LogP contribution is 2.32. The van der Waals surface area contributed by atoms with Crippen LogP contribution in [0.4, 0.5) is 10.5 Å². The molecule has 1 aromatic heterocycles. The maximum absolute atomic E-state index is 12.8. The van der Waals surface area contributed by atoms with E-state index >= 15 is 0 Å². The molecule has 1 aromatic carbocycles. The van der Waals surface area contributed by atoms with Crippen LogP contribution in [0.3, 0.4) is 0 Å². The fraction of sp³-hybridized carbons (Fsp3) is 0.176. The monoisotopic (exact) mass is 411 g/mol. The zero-order chi connectivity index (χ0) is 21.2. The maximum atomic E-state index is 12.8. The standard InChI is InChI=1S/C17H13N7O4S/c1-10-14(20-7-12(6-19)22-10)8-21-15(25)9-24-17(26)23-13-4-2-3-11(5-18)16(13)29(24,27)28/h2-4,7H,8-9H2,1H3,(H,21,25)(H,23,26). The van der Waals surface area contributed by atoms with E-state index in [9.17, 15) is 23.3 Å². The summed E-state index contributed by atoms with van der Waals surface area (Å²) in [5.41, 5.74) is 0.784. The lowest BCUT2D eigenvalue weighted by Crippen LogP contribution is -2.48. The first-order chi connectivity index (χ1) is 13.8. The van der Waals surface area contributed by atoms with E-state index in [1.54, 1.807) is 13.0 Å². The topological polar surface area (TPSA) is 169 Å². The molecule has 0 unspecified atom stereocenters. The van der Waals surface area contributed by atoms with E-state index in [-0.39, 0.29) is 28.4 Å². The molecule has 11 nitrogen and oxygen atoms in total. The Morgan fingerprint density at radius 3 is 2.72 bits per heavy atom. The van der Waals surface area contributed by atoms with Crippen LogP contribution in [0.25, 0.3) is 0 Å². The molecule has 0 aliphatic carbocycles. The molecule has 3 amide bonds. The minimum absolute atomic E-state index is 0.0193. The second kappa shape index (κ2) is 7.53. The lowest BCUT2D eigenvalue weighted by Gasteiger charge is -2.28. The number of nitrogens with zero attached hydrogens (tertiary/aromatic N) is 5. The molecular weight excluding hydrogens is 398 g/mol. The van der Waals surface area contributed by atoms with Gasteiger partial charge in [0.1, 0.15) is 23.6 Å². The number of hydrogen-bond acceptors (Lipinski definition) is 8. The van der Waals surface area contributed by atoms with Crippen molar-refractivity contribution in [2.75, 3.05) is 11.9 Å². The number of nitriles is 2. The van der Waals surface area contributed by atoms with E-state index in [2.05, 4.69) is 20.6 Å². The number of carbonyl (C=O) groups excluding carboxylic acids is 2. The van der Waals surface area contributed by atoms with Crippen LogP contribution in [0.2, 0.25) is 0 Å². The fourth-order valence-corrected chi connectivity index (χ4v) is 4.22. The third-order valence-corrected chi connectivity index (χ3v) is 5.89. The van der Waals surface area contributed by atoms with Gasteiger partial charge >= 0.3 is 6.03 Å². The van der Waals surface area contributed by atoms with Gasteiger partial charge in [-0.2, -0.15) is 10.5 Å². The number of rotatable bonds is 4. The number of benzene rings is 1. The van der Waals surface area contributed by atoms with Crippen LogP contribution in [0.1, 0.15) is 22.6 Å². The SMILES string of the molecule is Cc1nc(C#N)cnc1CNC(=O)CN1C(=O)Nc2cccc(C#N)c2S1(=O)=O. The Balaban J connectivity index is 1.78. The Labute approximate surface area is 165 Å². The van der Waals surface area contributed by atoms with Crippen molar-refractivity contribution in [1.82, 2.24) is 19.6 Å². The van der Waals surface area contributed by atoms with Crippen molar-refractivity contribution >= 4 is 27.6 Å². The van der Waals surface area contributed by atoms with Crippen LogP contribution in [0, 0.1) is 29.6 Å². The first-order valence-electron chi connectivity index (χ1n) is 8.14. The van der Waals surface area contributed by atoms with Gasteiger partial charge in [0, 0.05) is 0 Å². The number of anilines is 1. The van der Waals surface area contributed by atoms with E-state index in [0.717, 1.165) is 0 Å². The minimum atomic E-state index is -4.40. The summed E-state index contributed by atoms with van der Waals surface area (Å²) in [6, 6.07) is 6.71. The summed E-state index contributed by atoms with van der Waals surface area (Å²) in [7, 11) is -4.40. The highest BCUT2D eigenvalue weighted by atomic mass is 32.2. The highest BCUT2D eigenvalue weighted by molar-refractivity contribution is 7.90. The fourth-order valence-electron chi connectivity index (χ4n) is 2.66. The molecule has 1 aliphatic heterocycles. The minimum Gasteiger partial charge on any atom is -0.349 e. The summed E-state index contributed by atoms with van der Waals surface area (Å²) in [5, 5.41) is 22.8. The highest BCUT2D eigenvalue weighted by Gasteiger charge is 2.39. The molecule has 0 radical (unpaired) electrons. The number of sulfonamides is 1. The third-order valence-electron chi connectivity index (χ3n) is 4.05. The zero-order valence-electron chi connectivity index (χ0n) is 15.0. The van der Waals surface area contributed by atoms with Crippen LogP contribution in [-0.2, 0) is 21.4 Å². The number of urea groups is 1. The van der Waals surface area contributed by atoms with Gasteiger partial charge in [-0.3, -0.25) is 9.78 Å². The van der Waals surface area contributed by atoms with Gasteiger partial charge in [0.05, 0.1) is 35.4 Å². The van der Waals surface area contributed by atoms with Gasteiger partial charge in [-0.1, -0.05) is 6.07 Å². The Morgan fingerprint density at radius 2 is 2.07 bits per heavy atom. The van der Waals surface area contributed by atoms with Crippen molar-refractivity contribution in [3.63, 3.8) is 0 Å². The van der Waals surface area contributed by atoms with Crippen LogP contribution in [0.5, 0.6) is 0 Å². The Bertz CT molecular complexity index is 1210. The van der Waals surface area contributed by atoms with Crippen molar-refractivity contribution in [3.05, 3.63) is 47.0 Å². The number of amides is 3. The predicted molar refractivity (Wildman–Crippen MR) is 97.4 cm³/mol. The summed E-state index contributed by atoms with van der Waals surface area (Å²) >= 11 is 0. The summed E-state index contributed by atoms with van der Waals surface area (Å²) in [6.45, 7) is 0.757. The van der Waals surface area contributed by atoms with Gasteiger partial charge in [-0.25, -0.2) is 22.5 Å². The molecule has 29 heavy (non-hydrogen) atoms. The normalized spacial score (nSPS) is 14.2. The average Bonchev–Trinajstić information content (AvgIpc) is 2.69. The first kappa shape index (κ1) is 19.7. The largest absolute Gasteiger partial charge is 0.349 e. The Kier molecular flexibility index (Phi) is 5.12. The molecule has 2 aromatic rings. The molecule has 1 aliphatic rings. The molecule has 2 N–H and O–H groups in total. The van der Waals surface area contributed by atoms with Crippen molar-refractivity contribution in [1.29, 1.82) is 10.5 Å². The van der Waals surface area contributed by atoms with Gasteiger partial charge in [-0.05, 0) is 19.1 Å². The summed E-state index contributed by atoms with van der Waals surface area (Å²) in [6.07, 6.45) is 1.25. The zero-order valence-corrected chi connectivity index (χ0v) is 15.8. The number of carbonyl (C=O) groups is 2. The van der Waals surface area contributed by atoms with Gasteiger partial charge in [-0.15, -0.1) is 0 Å². The lowest BCUT2D eigenvalue weighted by molar-refractivity contribution is -0.121. The first-order valence-corrected chi connectivity index (χ1v) is 9.58. The molecule has 2 heterocycles. The molecular formula is C17H13N7O4S. The van der Waals surface area contributed by atoms with Crippen LogP contribution in [-0.4, -0.2) is 41.2 Å². The molecule has 0 saturated heterocycles. The van der Waals surface area contributed by atoms with E-state index in [0.29, 0.717) is 15.7 Å². The van der Waals surface area contributed by atoms with Crippen LogP contribution >= 0.6 is 0 Å². The summed E-state index contributed by atoms with van der Waals surface area (Å²) < 4.78 is 26.0. The van der Waals surface area contributed by atoms with E-state index in [1.165, 1.54) is 24.4 Å². The molecule has 0 bridgehead atoms. The van der Waals surface area contributed by atoms with Crippen molar-refractivity contribution in [2.45, 2.75) is 18.4 Å². The average molecular weight is 411 g/mol. The Morgan fingerprint density at radius 1 is 1.31 bits per heavy atom. The number of aryl methyl sites for hydroxylation is 1. The third kappa shape index (κ3) is 3.69. The number of aromatic nitrogens is 2. The van der Waals surface area contributed by atoms with Gasteiger partial charge in [0.2, 0.25) is 5.91 Å². The number of fused-ring (bicyclic) bond motifs is 1. The molecule has 0 saturated carbocycles. The van der Waals surface area contributed by atoms with Crippen LogP contribution < -0.4 is 10.6 Å². The quantitative estimate of drug-likeness (QED) is 0.727. The van der Waals surface area contributed by atoms with Crippen molar-refractivity contribution in [3.8, 4) is 12.1 Å². The smallest absolute Gasteiger partial charge is 0.336 e. The molecule has 0 spiro atoms. The van der Waals surface area contributed by atoms with E-state index in [1.807, 2.05) is 6.07 Å². The molecule has 0 fully saturated rings. The second-order valence-corrected chi connectivity index (χ2v) is 7.71.